The van der Waals surface area contributed by atoms with E-state index >= 15 is 0 Å². The maximum Gasteiger partial charge on any atom is 0.160 e. The second-order valence-electron chi connectivity index (χ2n) is 5.42. The summed E-state index contributed by atoms with van der Waals surface area (Å²) in [7, 11) is 1.42. The fourth-order valence-electron chi connectivity index (χ4n) is 2.36. The monoisotopic (exact) mass is 359 g/mol. The number of nitrogens with one attached hydrogen (secondary N) is 1. The number of aromatic hydroxyl groups is 1. The zero-order chi connectivity index (χ0) is 17.9. The van der Waals surface area contributed by atoms with Crippen LogP contribution in [0.1, 0.15) is 5.56 Å². The number of ether oxygens (including phenoxy) is 2. The van der Waals surface area contributed by atoms with Gasteiger partial charge < -0.3 is 35.0 Å². The Morgan fingerprint density at radius 2 is 1.96 bits per heavy atom. The molecule has 1 heterocycles. The zero-order valence-electron chi connectivity index (χ0n) is 13.0. The largest absolute Gasteiger partial charge is 0.504 e. The lowest BCUT2D eigenvalue weighted by Gasteiger charge is -2.39. The molecule has 134 valence electrons. The van der Waals surface area contributed by atoms with Crippen LogP contribution in [0.25, 0.3) is 0 Å². The van der Waals surface area contributed by atoms with E-state index in [9.17, 15) is 20.4 Å². The van der Waals surface area contributed by atoms with E-state index in [0.717, 1.165) is 11.8 Å². The molecule has 1 fully saturated rings. The molecule has 5 atom stereocenters. The Morgan fingerprint density at radius 1 is 1.25 bits per heavy atom. The maximum atomic E-state index is 9.97. The number of benzene rings is 1. The summed E-state index contributed by atoms with van der Waals surface area (Å²) in [6, 6.07) is 4.69. The van der Waals surface area contributed by atoms with E-state index in [1.807, 2.05) is 0 Å². The molecule has 1 aromatic carbocycles. The molecule has 0 saturated carbocycles. The Morgan fingerprint density at radius 3 is 2.58 bits per heavy atom. The van der Waals surface area contributed by atoms with E-state index in [1.54, 1.807) is 12.1 Å². The average molecular weight is 359 g/mol. The summed E-state index contributed by atoms with van der Waals surface area (Å²) < 4.78 is 10.4. The van der Waals surface area contributed by atoms with Crippen molar-refractivity contribution >= 4 is 16.8 Å². The number of methoxy groups -OCH3 is 1. The molecule has 1 aliphatic rings. The summed E-state index contributed by atoms with van der Waals surface area (Å²) in [4.78, 5) is 0. The molecule has 0 amide bonds. The van der Waals surface area contributed by atoms with Crippen LogP contribution < -0.4 is 4.74 Å². The van der Waals surface area contributed by atoms with Crippen LogP contribution in [0.5, 0.6) is 11.5 Å². The Bertz CT molecular complexity index is 583. The van der Waals surface area contributed by atoms with Gasteiger partial charge in [-0.15, -0.1) is 0 Å². The van der Waals surface area contributed by atoms with E-state index in [4.69, 9.17) is 20.0 Å². The summed E-state index contributed by atoms with van der Waals surface area (Å²) in [6.07, 6.45) is -5.06. The summed E-state index contributed by atoms with van der Waals surface area (Å²) in [5.41, 5.74) is -0.265. The lowest BCUT2D eigenvalue weighted by molar-refractivity contribution is -0.205. The summed E-state index contributed by atoms with van der Waals surface area (Å²) in [6.45, 7) is -0.509. The number of aliphatic hydroxyl groups is 4. The third kappa shape index (κ3) is 4.18. The van der Waals surface area contributed by atoms with Crippen LogP contribution in [-0.4, -0.2) is 74.1 Å². The third-order valence-electron chi connectivity index (χ3n) is 3.72. The molecular weight excluding hydrogens is 338 g/mol. The molecule has 6 N–H and O–H groups in total. The fourth-order valence-corrected chi connectivity index (χ4v) is 3.39. The molecule has 0 aliphatic carbocycles. The highest BCUT2D eigenvalue weighted by Crippen LogP contribution is 2.31. The van der Waals surface area contributed by atoms with Crippen LogP contribution >= 0.6 is 11.8 Å². The van der Waals surface area contributed by atoms with Crippen molar-refractivity contribution in [2.75, 3.05) is 13.7 Å². The van der Waals surface area contributed by atoms with Gasteiger partial charge in [0.1, 0.15) is 29.9 Å². The van der Waals surface area contributed by atoms with Crippen molar-refractivity contribution in [2.45, 2.75) is 36.3 Å². The first-order chi connectivity index (χ1) is 11.4. The Balaban J connectivity index is 2.01. The normalized spacial score (nSPS) is 30.1. The minimum absolute atomic E-state index is 0.00522. The standard InChI is InChI=1S/C15H21NO7S/c1-22-9-4-7(2-3-8(9)18)5-11(16)24-15-14(21)13(20)12(19)10(6-17)23-15/h2-4,10,12-21H,5-6H2,1H3/t10-,12-,13+,14-,15+/m1/s1. The van der Waals surface area contributed by atoms with Crippen LogP contribution in [-0.2, 0) is 11.2 Å². The second kappa shape index (κ2) is 8.15. The molecule has 0 radical (unpaired) electrons. The van der Waals surface area contributed by atoms with Crippen molar-refractivity contribution in [1.29, 1.82) is 5.41 Å². The molecule has 0 spiro atoms. The zero-order valence-corrected chi connectivity index (χ0v) is 13.8. The summed E-state index contributed by atoms with van der Waals surface area (Å²) in [5, 5.41) is 56.4. The van der Waals surface area contributed by atoms with Crippen molar-refractivity contribution in [3.8, 4) is 11.5 Å². The van der Waals surface area contributed by atoms with E-state index in [1.165, 1.54) is 13.2 Å². The number of phenols is 1. The van der Waals surface area contributed by atoms with Gasteiger partial charge in [-0.1, -0.05) is 17.8 Å². The number of rotatable bonds is 5. The van der Waals surface area contributed by atoms with Crippen LogP contribution in [0.2, 0.25) is 0 Å². The smallest absolute Gasteiger partial charge is 0.160 e. The molecular formula is C15H21NO7S. The van der Waals surface area contributed by atoms with E-state index in [2.05, 4.69) is 0 Å². The maximum absolute atomic E-state index is 9.97. The first-order valence-electron chi connectivity index (χ1n) is 7.27. The highest BCUT2D eigenvalue weighted by atomic mass is 32.2. The first-order valence-corrected chi connectivity index (χ1v) is 8.15. The average Bonchev–Trinajstić information content (AvgIpc) is 2.57. The van der Waals surface area contributed by atoms with Crippen LogP contribution in [0, 0.1) is 5.41 Å². The van der Waals surface area contributed by atoms with Crippen LogP contribution in [0.4, 0.5) is 0 Å². The van der Waals surface area contributed by atoms with Crippen molar-refractivity contribution in [1.82, 2.24) is 0 Å². The molecule has 8 nitrogen and oxygen atoms in total. The minimum Gasteiger partial charge on any atom is -0.504 e. The van der Waals surface area contributed by atoms with Crippen molar-refractivity contribution in [3.05, 3.63) is 23.8 Å². The molecule has 0 aromatic heterocycles. The van der Waals surface area contributed by atoms with Gasteiger partial charge in [0, 0.05) is 6.42 Å². The van der Waals surface area contributed by atoms with Gasteiger partial charge in [-0.3, -0.25) is 5.41 Å². The first kappa shape index (κ1) is 19.0. The Hall–Kier alpha value is -1.36. The van der Waals surface area contributed by atoms with Gasteiger partial charge in [0.2, 0.25) is 0 Å². The quantitative estimate of drug-likeness (QED) is 0.304. The molecule has 2 rings (SSSR count). The van der Waals surface area contributed by atoms with Gasteiger partial charge in [0.15, 0.2) is 11.5 Å². The Kier molecular flexibility index (Phi) is 6.44. The highest BCUT2D eigenvalue weighted by Gasteiger charge is 2.44. The van der Waals surface area contributed by atoms with Crippen LogP contribution in [0.3, 0.4) is 0 Å². The molecule has 0 bridgehead atoms. The number of phenolic OH excluding ortho intramolecular Hbond substituents is 1. The SMILES string of the molecule is COc1cc(CC(=N)S[C@@H]2O[C@H](CO)[C@@H](O)[C@H](O)[C@H]2O)ccc1O. The molecule has 9 heteroatoms. The third-order valence-corrected chi connectivity index (χ3v) is 4.77. The van der Waals surface area contributed by atoms with Crippen molar-refractivity contribution in [3.63, 3.8) is 0 Å². The molecule has 0 unspecified atom stereocenters. The lowest BCUT2D eigenvalue weighted by Crippen LogP contribution is -2.57. The molecule has 1 saturated heterocycles. The topological polar surface area (TPSA) is 143 Å². The fraction of sp³-hybridized carbons (Fsp3) is 0.533. The van der Waals surface area contributed by atoms with Crippen molar-refractivity contribution < 1.29 is 35.0 Å². The van der Waals surface area contributed by atoms with Gasteiger partial charge in [-0.05, 0) is 17.7 Å². The van der Waals surface area contributed by atoms with Crippen LogP contribution in [0.15, 0.2) is 18.2 Å². The predicted octanol–water partition coefficient (Wildman–Crippen LogP) is -0.546. The number of hydrogen-bond acceptors (Lipinski definition) is 9. The molecule has 1 aliphatic heterocycles. The highest BCUT2D eigenvalue weighted by molar-refractivity contribution is 8.14. The van der Waals surface area contributed by atoms with Gasteiger partial charge in [-0.25, -0.2) is 0 Å². The molecule has 1 aromatic rings. The van der Waals surface area contributed by atoms with E-state index in [0.29, 0.717) is 5.56 Å². The summed E-state index contributed by atoms with van der Waals surface area (Å²) >= 11 is 0.892. The second-order valence-corrected chi connectivity index (χ2v) is 6.61. The van der Waals surface area contributed by atoms with Gasteiger partial charge in [0.05, 0.1) is 18.8 Å². The van der Waals surface area contributed by atoms with Gasteiger partial charge in [-0.2, -0.15) is 0 Å². The van der Waals surface area contributed by atoms with Gasteiger partial charge in [0.25, 0.3) is 0 Å². The number of aliphatic hydroxyl groups excluding tert-OH is 4. The lowest BCUT2D eigenvalue weighted by atomic mass is 10.0. The van der Waals surface area contributed by atoms with Gasteiger partial charge >= 0.3 is 0 Å². The number of hydrogen-bond donors (Lipinski definition) is 6. The summed E-state index contributed by atoms with van der Waals surface area (Å²) in [5.74, 6) is 0.285. The predicted molar refractivity (Wildman–Crippen MR) is 87.4 cm³/mol. The van der Waals surface area contributed by atoms with E-state index in [-0.39, 0.29) is 23.0 Å². The van der Waals surface area contributed by atoms with E-state index < -0.39 is 36.5 Å². The van der Waals surface area contributed by atoms with Crippen molar-refractivity contribution in [2.24, 2.45) is 0 Å². The minimum atomic E-state index is -1.46. The number of thioether (sulfide) groups is 1. The Labute approximate surface area is 143 Å². The molecule has 24 heavy (non-hydrogen) atoms.